The van der Waals surface area contributed by atoms with Gasteiger partial charge in [0.2, 0.25) is 5.89 Å². The van der Waals surface area contributed by atoms with E-state index in [1.807, 2.05) is 17.5 Å². The number of hydrogen-bond acceptors (Lipinski definition) is 6. The molecule has 112 valence electrons. The first-order valence-corrected chi connectivity index (χ1v) is 7.46. The van der Waals surface area contributed by atoms with Crippen molar-refractivity contribution in [3.8, 4) is 16.5 Å². The van der Waals surface area contributed by atoms with Crippen LogP contribution in [0.5, 0.6) is 5.75 Å². The van der Waals surface area contributed by atoms with Crippen LogP contribution in [0.15, 0.2) is 46.4 Å². The molecule has 0 saturated carbocycles. The van der Waals surface area contributed by atoms with E-state index in [0.29, 0.717) is 22.7 Å². The maximum atomic E-state index is 11.9. The molecule has 0 aliphatic carbocycles. The molecule has 2 aromatic heterocycles. The topological polar surface area (TPSA) is 72.6 Å². The van der Waals surface area contributed by atoms with E-state index in [2.05, 4.69) is 4.98 Å². The van der Waals surface area contributed by atoms with Gasteiger partial charge in [-0.2, -0.15) is 0 Å². The summed E-state index contributed by atoms with van der Waals surface area (Å²) >= 11 is 1.52. The number of thiophene rings is 1. The van der Waals surface area contributed by atoms with Crippen LogP contribution in [0.3, 0.4) is 0 Å². The molecule has 5 nitrogen and oxygen atoms in total. The standard InChI is InChI=1S/C16H13NO4S/c1-10-4-5-11(7-13(10)18)16(19)21-9-12-8-20-15(17-12)14-3-2-6-22-14/h2-8,18H,9H2,1H3. The van der Waals surface area contributed by atoms with Crippen molar-refractivity contribution in [3.05, 3.63) is 58.8 Å². The highest BCUT2D eigenvalue weighted by atomic mass is 32.1. The van der Waals surface area contributed by atoms with Gasteiger partial charge in [0.25, 0.3) is 0 Å². The molecule has 1 aromatic carbocycles. The zero-order valence-electron chi connectivity index (χ0n) is 11.8. The number of aromatic hydroxyl groups is 1. The van der Waals surface area contributed by atoms with Crippen LogP contribution < -0.4 is 0 Å². The molecule has 3 rings (SSSR count). The highest BCUT2D eigenvalue weighted by molar-refractivity contribution is 7.13. The van der Waals surface area contributed by atoms with Crippen LogP contribution in [-0.2, 0) is 11.3 Å². The third kappa shape index (κ3) is 3.01. The molecule has 0 amide bonds. The summed E-state index contributed by atoms with van der Waals surface area (Å²) in [4.78, 5) is 17.1. The first-order valence-electron chi connectivity index (χ1n) is 6.58. The molecule has 1 N–H and O–H groups in total. The molecule has 0 aliphatic heterocycles. The number of phenols is 1. The normalized spacial score (nSPS) is 10.6. The maximum Gasteiger partial charge on any atom is 0.338 e. The van der Waals surface area contributed by atoms with Crippen molar-refractivity contribution in [1.82, 2.24) is 4.98 Å². The highest BCUT2D eigenvalue weighted by Gasteiger charge is 2.12. The molecular formula is C16H13NO4S. The van der Waals surface area contributed by atoms with Crippen molar-refractivity contribution in [2.75, 3.05) is 0 Å². The van der Waals surface area contributed by atoms with E-state index in [4.69, 9.17) is 9.15 Å². The molecule has 0 spiro atoms. The fraction of sp³-hybridized carbons (Fsp3) is 0.125. The van der Waals surface area contributed by atoms with Crippen LogP contribution in [-0.4, -0.2) is 16.1 Å². The van der Waals surface area contributed by atoms with E-state index in [9.17, 15) is 9.90 Å². The second-order valence-electron chi connectivity index (χ2n) is 4.70. The lowest BCUT2D eigenvalue weighted by Gasteiger charge is -2.04. The number of rotatable bonds is 4. The number of hydrogen-bond donors (Lipinski definition) is 1. The minimum absolute atomic E-state index is 0.0162. The molecule has 0 aliphatic rings. The Hall–Kier alpha value is -2.60. The Morgan fingerprint density at radius 2 is 2.27 bits per heavy atom. The molecule has 0 saturated heterocycles. The van der Waals surface area contributed by atoms with E-state index in [-0.39, 0.29) is 12.4 Å². The van der Waals surface area contributed by atoms with Crippen molar-refractivity contribution < 1.29 is 19.1 Å². The number of carbonyl (C=O) groups is 1. The van der Waals surface area contributed by atoms with Crippen LogP contribution in [0.25, 0.3) is 10.8 Å². The lowest BCUT2D eigenvalue weighted by molar-refractivity contribution is 0.0467. The van der Waals surface area contributed by atoms with Gasteiger partial charge in [-0.3, -0.25) is 0 Å². The van der Waals surface area contributed by atoms with Gasteiger partial charge in [-0.15, -0.1) is 11.3 Å². The van der Waals surface area contributed by atoms with Crippen molar-refractivity contribution in [1.29, 1.82) is 0 Å². The Bertz CT molecular complexity index is 792. The summed E-state index contributed by atoms with van der Waals surface area (Å²) in [6.45, 7) is 1.77. The van der Waals surface area contributed by atoms with Crippen molar-refractivity contribution in [3.63, 3.8) is 0 Å². The minimum atomic E-state index is -0.518. The molecule has 3 aromatic rings. The lowest BCUT2D eigenvalue weighted by Crippen LogP contribution is -2.05. The summed E-state index contributed by atoms with van der Waals surface area (Å²) in [5.41, 5.74) is 1.53. The van der Waals surface area contributed by atoms with Gasteiger partial charge >= 0.3 is 5.97 Å². The molecular weight excluding hydrogens is 302 g/mol. The molecule has 6 heteroatoms. The lowest BCUT2D eigenvalue weighted by atomic mass is 10.1. The third-order valence-electron chi connectivity index (χ3n) is 3.08. The Balaban J connectivity index is 1.65. The summed E-state index contributed by atoms with van der Waals surface area (Å²) in [6, 6.07) is 8.47. The summed E-state index contributed by atoms with van der Waals surface area (Å²) in [7, 11) is 0. The van der Waals surface area contributed by atoms with Gasteiger partial charge in [-0.05, 0) is 36.1 Å². The van der Waals surface area contributed by atoms with E-state index < -0.39 is 5.97 Å². The van der Waals surface area contributed by atoms with Crippen LogP contribution in [0.1, 0.15) is 21.6 Å². The predicted molar refractivity (Wildman–Crippen MR) is 81.8 cm³/mol. The largest absolute Gasteiger partial charge is 0.508 e. The zero-order chi connectivity index (χ0) is 15.5. The Morgan fingerprint density at radius 3 is 3.00 bits per heavy atom. The van der Waals surface area contributed by atoms with Crippen LogP contribution >= 0.6 is 11.3 Å². The third-order valence-corrected chi connectivity index (χ3v) is 3.94. The Morgan fingerprint density at radius 1 is 1.41 bits per heavy atom. The van der Waals surface area contributed by atoms with E-state index >= 15 is 0 Å². The van der Waals surface area contributed by atoms with Crippen molar-refractivity contribution in [2.24, 2.45) is 0 Å². The molecule has 0 fully saturated rings. The van der Waals surface area contributed by atoms with Gasteiger partial charge in [-0.1, -0.05) is 12.1 Å². The number of aromatic nitrogens is 1. The maximum absolute atomic E-state index is 11.9. The van der Waals surface area contributed by atoms with E-state index in [0.717, 1.165) is 4.88 Å². The summed E-state index contributed by atoms with van der Waals surface area (Å²) in [6.07, 6.45) is 1.47. The Kier molecular flexibility index (Phi) is 3.93. The summed E-state index contributed by atoms with van der Waals surface area (Å²) in [5.74, 6) is 0.0564. The molecule has 0 unspecified atom stereocenters. The smallest absolute Gasteiger partial charge is 0.338 e. The van der Waals surface area contributed by atoms with Crippen LogP contribution in [0.2, 0.25) is 0 Å². The first kappa shape index (κ1) is 14.3. The van der Waals surface area contributed by atoms with E-state index in [1.165, 1.54) is 23.7 Å². The number of phenolic OH excluding ortho intramolecular Hbond substituents is 1. The number of nitrogens with zero attached hydrogens (tertiary/aromatic N) is 1. The molecule has 22 heavy (non-hydrogen) atoms. The average Bonchev–Trinajstić information content (AvgIpc) is 3.18. The Labute approximate surface area is 130 Å². The van der Waals surface area contributed by atoms with Gasteiger partial charge in [-0.25, -0.2) is 9.78 Å². The summed E-state index contributed by atoms with van der Waals surface area (Å²) < 4.78 is 10.5. The second-order valence-corrected chi connectivity index (χ2v) is 5.65. The van der Waals surface area contributed by atoms with E-state index in [1.54, 1.807) is 19.1 Å². The van der Waals surface area contributed by atoms with Gasteiger partial charge in [0, 0.05) is 0 Å². The fourth-order valence-corrected chi connectivity index (χ4v) is 2.50. The number of esters is 1. The van der Waals surface area contributed by atoms with Gasteiger partial charge in [0.05, 0.1) is 10.4 Å². The number of carbonyl (C=O) groups excluding carboxylic acids is 1. The average molecular weight is 315 g/mol. The SMILES string of the molecule is Cc1ccc(C(=O)OCc2coc(-c3cccs3)n2)cc1O. The zero-order valence-corrected chi connectivity index (χ0v) is 12.6. The summed E-state index contributed by atoms with van der Waals surface area (Å²) in [5, 5.41) is 11.5. The monoisotopic (exact) mass is 315 g/mol. The molecule has 0 atom stereocenters. The van der Waals surface area contributed by atoms with Crippen molar-refractivity contribution >= 4 is 17.3 Å². The number of benzene rings is 1. The molecule has 2 heterocycles. The quantitative estimate of drug-likeness (QED) is 0.742. The molecule has 0 bridgehead atoms. The number of oxazole rings is 1. The van der Waals surface area contributed by atoms with Gasteiger partial charge < -0.3 is 14.3 Å². The van der Waals surface area contributed by atoms with Crippen molar-refractivity contribution in [2.45, 2.75) is 13.5 Å². The predicted octanol–water partition coefficient (Wildman–Crippen LogP) is 3.77. The second kappa shape index (κ2) is 6.03. The fourth-order valence-electron chi connectivity index (χ4n) is 1.85. The number of aryl methyl sites for hydroxylation is 1. The molecule has 0 radical (unpaired) electrons. The number of ether oxygens (including phenoxy) is 1. The van der Waals surface area contributed by atoms with Gasteiger partial charge in [0.15, 0.2) is 0 Å². The highest BCUT2D eigenvalue weighted by Crippen LogP contribution is 2.24. The first-order chi connectivity index (χ1) is 10.6. The minimum Gasteiger partial charge on any atom is -0.508 e. The van der Waals surface area contributed by atoms with Crippen LogP contribution in [0.4, 0.5) is 0 Å². The van der Waals surface area contributed by atoms with Gasteiger partial charge in [0.1, 0.15) is 24.3 Å². The van der Waals surface area contributed by atoms with Crippen LogP contribution in [0, 0.1) is 6.92 Å².